The van der Waals surface area contributed by atoms with Crippen LogP contribution in [0, 0.1) is 0 Å². The first kappa shape index (κ1) is 51.3. The molecule has 0 aliphatic rings. The zero-order chi connectivity index (χ0) is 45.5. The van der Waals surface area contributed by atoms with Crippen molar-refractivity contribution >= 4 is 82.6 Å². The molecule has 12 N–H and O–H groups in total. The third kappa shape index (κ3) is 20.8. The van der Waals surface area contributed by atoms with Gasteiger partial charge in [-0.2, -0.15) is 23.5 Å². The van der Waals surface area contributed by atoms with Gasteiger partial charge in [-0.15, -0.1) is 0 Å². The van der Waals surface area contributed by atoms with Gasteiger partial charge in [0.05, 0.1) is 6.42 Å². The van der Waals surface area contributed by atoms with E-state index in [0.29, 0.717) is 11.1 Å². The van der Waals surface area contributed by atoms with E-state index in [2.05, 4.69) is 21.3 Å². The number of thioether (sulfide) groups is 2. The van der Waals surface area contributed by atoms with Crippen LogP contribution in [0.4, 0.5) is 0 Å². The number of aliphatic carboxylic acids is 4. The number of rotatable bonds is 30. The zero-order valence-corrected chi connectivity index (χ0v) is 34.5. The molecule has 332 valence electrons. The summed E-state index contributed by atoms with van der Waals surface area (Å²) in [5, 5.41) is 44.2. The summed E-state index contributed by atoms with van der Waals surface area (Å²) in [6.45, 7) is -1.50. The average molecular weight is 891 g/mol. The highest BCUT2D eigenvalue weighted by Gasteiger charge is 2.29. The maximum absolute atomic E-state index is 13.5. The molecule has 61 heavy (non-hydrogen) atoms. The summed E-state index contributed by atoms with van der Waals surface area (Å²) >= 11 is 2.18. The van der Waals surface area contributed by atoms with Crippen LogP contribution in [0.25, 0.3) is 0 Å². The fourth-order valence-corrected chi connectivity index (χ4v) is 8.00. The van der Waals surface area contributed by atoms with Crippen molar-refractivity contribution in [3.63, 3.8) is 0 Å². The third-order valence-electron chi connectivity index (χ3n) is 8.62. The summed E-state index contributed by atoms with van der Waals surface area (Å²) < 4.78 is 0. The number of carbonyl (C=O) groups is 10. The number of carboxylic acid groups (broad SMARTS) is 4. The Morgan fingerprint density at radius 2 is 0.885 bits per heavy atom. The van der Waals surface area contributed by atoms with Crippen molar-refractivity contribution in [2.75, 3.05) is 24.6 Å². The number of nitrogens with two attached hydrogens (primary N) is 2. The Hall–Kier alpha value is -5.84. The minimum absolute atomic E-state index is 0.153. The Kier molecular flexibility index (Phi) is 22.8. The van der Waals surface area contributed by atoms with Gasteiger partial charge in [0.2, 0.25) is 23.6 Å². The first-order valence-corrected chi connectivity index (χ1v) is 20.9. The first-order chi connectivity index (χ1) is 28.9. The van der Waals surface area contributed by atoms with Crippen molar-refractivity contribution in [2.45, 2.75) is 79.6 Å². The molecule has 2 unspecified atom stereocenters. The molecular weight excluding hydrogens is 841 g/mol. The predicted molar refractivity (Wildman–Crippen MR) is 222 cm³/mol. The van der Waals surface area contributed by atoms with Crippen molar-refractivity contribution < 1.29 is 68.4 Å². The van der Waals surface area contributed by atoms with Crippen LogP contribution in [0.2, 0.25) is 0 Å². The monoisotopic (exact) mass is 890 g/mol. The SMILES string of the molecule is N[C@H](CCC(=O)N[C@@H](CSC(CC(=O)CC(=O)CC(SC[C@H](NC(=O)CC[C@@H](N)C(=O)O)C(=O)NCC(=O)O)c1ccccc1)c1ccccc1)C(=O)NCC(=O)O)C(=O)O. The van der Waals surface area contributed by atoms with Crippen LogP contribution in [-0.4, -0.2) is 128 Å². The maximum atomic E-state index is 13.5. The lowest BCUT2D eigenvalue weighted by Crippen LogP contribution is -2.49. The molecule has 20 nitrogen and oxygen atoms in total. The molecule has 2 aromatic rings. The molecule has 4 amide bonds. The maximum Gasteiger partial charge on any atom is 0.322 e. The Labute approximate surface area is 358 Å². The van der Waals surface area contributed by atoms with Crippen LogP contribution in [0.3, 0.4) is 0 Å². The average Bonchev–Trinajstić information content (AvgIpc) is 3.22. The molecule has 0 saturated heterocycles. The number of Topliss-reactive ketones (excluding diaryl/α,β-unsaturated/α-hetero) is 2. The fourth-order valence-electron chi connectivity index (χ4n) is 5.37. The Morgan fingerprint density at radius 3 is 1.20 bits per heavy atom. The van der Waals surface area contributed by atoms with Crippen LogP contribution in [0.5, 0.6) is 0 Å². The topological polar surface area (TPSA) is 352 Å². The van der Waals surface area contributed by atoms with Crippen LogP contribution in [0.15, 0.2) is 60.7 Å². The van der Waals surface area contributed by atoms with Crippen molar-refractivity contribution in [1.29, 1.82) is 0 Å². The van der Waals surface area contributed by atoms with Gasteiger partial charge in [0, 0.05) is 47.7 Å². The van der Waals surface area contributed by atoms with Crippen molar-refractivity contribution in [3.05, 3.63) is 71.8 Å². The Morgan fingerprint density at radius 1 is 0.541 bits per heavy atom. The van der Waals surface area contributed by atoms with Gasteiger partial charge in [-0.05, 0) is 24.0 Å². The predicted octanol–water partition coefficient (Wildman–Crippen LogP) is -0.000700. The summed E-state index contributed by atoms with van der Waals surface area (Å²) in [7, 11) is 0. The third-order valence-corrected chi connectivity index (χ3v) is 11.4. The Bertz CT molecular complexity index is 1720. The highest BCUT2D eigenvalue weighted by Crippen LogP contribution is 2.35. The van der Waals surface area contributed by atoms with Crippen LogP contribution in [-0.2, 0) is 47.9 Å². The molecule has 0 aromatic heterocycles. The fraction of sp³-hybridized carbons (Fsp3) is 0.436. The molecule has 0 spiro atoms. The molecule has 0 aliphatic carbocycles. The van der Waals surface area contributed by atoms with Crippen LogP contribution >= 0.6 is 23.5 Å². The van der Waals surface area contributed by atoms with Gasteiger partial charge in [0.25, 0.3) is 0 Å². The molecule has 0 saturated carbocycles. The highest BCUT2D eigenvalue weighted by molar-refractivity contribution is 7.99. The summed E-state index contributed by atoms with van der Waals surface area (Å²) in [6.07, 6.45) is -2.07. The largest absolute Gasteiger partial charge is 0.480 e. The van der Waals surface area contributed by atoms with E-state index in [9.17, 15) is 47.9 Å². The first-order valence-electron chi connectivity index (χ1n) is 18.8. The number of nitrogens with one attached hydrogen (secondary N) is 4. The molecule has 0 heterocycles. The van der Waals surface area contributed by atoms with E-state index < -0.39 is 113 Å². The number of hydrogen-bond acceptors (Lipinski definition) is 14. The van der Waals surface area contributed by atoms with E-state index >= 15 is 0 Å². The molecular formula is C39H50N6O14S2. The lowest BCUT2D eigenvalue weighted by Gasteiger charge is -2.23. The van der Waals surface area contributed by atoms with E-state index in [1.807, 2.05) is 0 Å². The molecule has 0 bridgehead atoms. The van der Waals surface area contributed by atoms with E-state index in [1.54, 1.807) is 60.7 Å². The van der Waals surface area contributed by atoms with Gasteiger partial charge in [-0.1, -0.05) is 60.7 Å². The second-order valence-corrected chi connectivity index (χ2v) is 16.0. The van der Waals surface area contributed by atoms with Crippen LogP contribution in [0.1, 0.15) is 66.6 Å². The van der Waals surface area contributed by atoms with Crippen LogP contribution < -0.4 is 32.7 Å². The minimum atomic E-state index is -1.34. The van der Waals surface area contributed by atoms with E-state index in [4.69, 9.17) is 31.9 Å². The van der Waals surface area contributed by atoms with E-state index in [-0.39, 0.29) is 50.0 Å². The van der Waals surface area contributed by atoms with Gasteiger partial charge in [-0.3, -0.25) is 47.9 Å². The van der Waals surface area contributed by atoms with E-state index in [1.165, 1.54) is 0 Å². The number of ketones is 2. The Balaban J connectivity index is 2.22. The number of carbonyl (C=O) groups excluding carboxylic acids is 6. The minimum Gasteiger partial charge on any atom is -0.480 e. The number of hydrogen-bond donors (Lipinski definition) is 10. The van der Waals surface area contributed by atoms with E-state index in [0.717, 1.165) is 23.5 Å². The molecule has 22 heteroatoms. The van der Waals surface area contributed by atoms with Gasteiger partial charge in [0.15, 0.2) is 0 Å². The molecule has 2 aromatic carbocycles. The summed E-state index contributed by atoms with van der Waals surface area (Å²) in [4.78, 5) is 123. The van der Waals surface area contributed by atoms with Gasteiger partial charge in [-0.25, -0.2) is 0 Å². The van der Waals surface area contributed by atoms with Crippen molar-refractivity contribution in [1.82, 2.24) is 21.3 Å². The normalized spacial score (nSPS) is 13.8. The molecule has 2 rings (SSSR count). The van der Waals surface area contributed by atoms with Gasteiger partial charge in [0.1, 0.15) is 48.8 Å². The summed E-state index contributed by atoms with van der Waals surface area (Å²) in [5.41, 5.74) is 12.3. The second kappa shape index (κ2) is 27.1. The summed E-state index contributed by atoms with van der Waals surface area (Å²) in [5.74, 6) is -9.69. The molecule has 0 fully saturated rings. The molecule has 6 atom stereocenters. The summed E-state index contributed by atoms with van der Waals surface area (Å²) in [6, 6.07) is 12.0. The number of amides is 4. The van der Waals surface area contributed by atoms with Crippen molar-refractivity contribution in [2.24, 2.45) is 11.5 Å². The molecule has 0 aliphatic heterocycles. The number of carboxylic acids is 4. The number of benzene rings is 2. The standard InChI is InChI=1S/C39H50N6O14S2/c40-26(38(56)57)11-13-32(48)44-28(36(54)42-18-34(50)51)20-60-30(22-7-3-1-4-8-22)16-24(46)15-25(47)17-31(23-9-5-2-6-10-23)61-21-29(37(55)43-19-35(52)53)45-33(49)14-12-27(41)39(58)59/h1-10,26-31H,11-21,40-41H2,(H,42,54)(H,43,55)(H,44,48)(H,45,49)(H,50,51)(H,52,53)(H,56,57)(H,58,59)/t26-,27-,28+,29+,30?,31?/m1/s1. The lowest BCUT2D eigenvalue weighted by molar-refractivity contribution is -0.140. The second-order valence-electron chi connectivity index (χ2n) is 13.6. The van der Waals surface area contributed by atoms with Crippen molar-refractivity contribution in [3.8, 4) is 0 Å². The quantitative estimate of drug-likeness (QED) is 0.0461. The zero-order valence-electron chi connectivity index (χ0n) is 32.9. The molecule has 0 radical (unpaired) electrons. The lowest BCUT2D eigenvalue weighted by atomic mass is 10.0. The van der Waals surface area contributed by atoms with Gasteiger partial charge >= 0.3 is 23.9 Å². The smallest absolute Gasteiger partial charge is 0.322 e. The highest BCUT2D eigenvalue weighted by atomic mass is 32.2. The van der Waals surface area contributed by atoms with Gasteiger partial charge < -0.3 is 53.2 Å².